The van der Waals surface area contributed by atoms with Crippen molar-refractivity contribution in [1.29, 1.82) is 0 Å². The number of hydrogen-bond donors (Lipinski definition) is 1. The minimum Gasteiger partial charge on any atom is -0.494 e. The maximum Gasteiger partial charge on any atom is 0.289 e. The van der Waals surface area contributed by atoms with Crippen molar-refractivity contribution in [2.45, 2.75) is 39.0 Å². The second-order valence-corrected chi connectivity index (χ2v) is 7.61. The highest BCUT2D eigenvalue weighted by molar-refractivity contribution is 6.32. The number of nitro groups is 1. The first-order valence-electron chi connectivity index (χ1n) is 8.64. The molecule has 0 heterocycles. The molecule has 0 aliphatic heterocycles. The fourth-order valence-corrected chi connectivity index (χ4v) is 2.61. The van der Waals surface area contributed by atoms with Gasteiger partial charge in [-0.2, -0.15) is 0 Å². The number of nitro benzene ring substituents is 1. The Labute approximate surface area is 163 Å². The van der Waals surface area contributed by atoms with Gasteiger partial charge < -0.3 is 10.1 Å². The first-order chi connectivity index (χ1) is 12.7. The van der Waals surface area contributed by atoms with Crippen molar-refractivity contribution in [2.75, 3.05) is 11.9 Å². The summed E-state index contributed by atoms with van der Waals surface area (Å²) >= 11 is 5.75. The molecule has 7 heteroatoms. The third kappa shape index (κ3) is 6.25. The Morgan fingerprint density at radius 1 is 1.19 bits per heavy atom. The standard InChI is InChI=1S/C20H23ClN2O4/c1-20(2,3)14-6-9-16(10-7-14)27-12-4-5-19(24)22-15-8-11-17(21)18(13-15)23(25)26/h6-11,13H,4-5,12H2,1-3H3,(H,22,24). The highest BCUT2D eigenvalue weighted by Crippen LogP contribution is 2.27. The van der Waals surface area contributed by atoms with E-state index in [9.17, 15) is 14.9 Å². The van der Waals surface area contributed by atoms with E-state index in [1.54, 1.807) is 0 Å². The predicted octanol–water partition coefficient (Wildman–Crippen LogP) is 5.34. The number of amides is 1. The van der Waals surface area contributed by atoms with Crippen molar-refractivity contribution in [3.63, 3.8) is 0 Å². The molecule has 0 saturated heterocycles. The molecule has 0 unspecified atom stereocenters. The van der Waals surface area contributed by atoms with Crippen molar-refractivity contribution in [1.82, 2.24) is 0 Å². The SMILES string of the molecule is CC(C)(C)c1ccc(OCCCC(=O)Nc2ccc(Cl)c([N+](=O)[O-])c2)cc1. The molecule has 0 radical (unpaired) electrons. The van der Waals surface area contributed by atoms with Crippen LogP contribution in [0.25, 0.3) is 0 Å². The summed E-state index contributed by atoms with van der Waals surface area (Å²) in [6.07, 6.45) is 0.777. The van der Waals surface area contributed by atoms with Crippen LogP contribution >= 0.6 is 11.6 Å². The van der Waals surface area contributed by atoms with Crippen LogP contribution in [0.5, 0.6) is 5.75 Å². The molecular formula is C20H23ClN2O4. The van der Waals surface area contributed by atoms with Gasteiger partial charge in [0.2, 0.25) is 5.91 Å². The van der Waals surface area contributed by atoms with Gasteiger partial charge in [-0.3, -0.25) is 14.9 Å². The van der Waals surface area contributed by atoms with E-state index in [4.69, 9.17) is 16.3 Å². The maximum atomic E-state index is 12.0. The van der Waals surface area contributed by atoms with Gasteiger partial charge >= 0.3 is 0 Å². The molecule has 2 rings (SSSR count). The van der Waals surface area contributed by atoms with Gasteiger partial charge in [0.15, 0.2) is 0 Å². The van der Waals surface area contributed by atoms with E-state index in [0.717, 1.165) is 5.75 Å². The lowest BCUT2D eigenvalue weighted by molar-refractivity contribution is -0.384. The van der Waals surface area contributed by atoms with Crippen molar-refractivity contribution in [3.8, 4) is 5.75 Å². The van der Waals surface area contributed by atoms with Crippen molar-refractivity contribution in [3.05, 3.63) is 63.2 Å². The van der Waals surface area contributed by atoms with Crippen molar-refractivity contribution >= 4 is 28.9 Å². The summed E-state index contributed by atoms with van der Waals surface area (Å²) in [7, 11) is 0. The highest BCUT2D eigenvalue weighted by Gasteiger charge is 2.14. The Balaban J connectivity index is 1.78. The normalized spacial score (nSPS) is 11.1. The Bertz CT molecular complexity index is 814. The first kappa shape index (κ1) is 20.7. The molecule has 0 spiro atoms. The summed E-state index contributed by atoms with van der Waals surface area (Å²) in [5.74, 6) is 0.523. The molecule has 0 aliphatic rings. The molecule has 1 amide bonds. The summed E-state index contributed by atoms with van der Waals surface area (Å²) in [6.45, 7) is 6.85. The lowest BCUT2D eigenvalue weighted by Gasteiger charge is -2.19. The Kier molecular flexibility index (Phi) is 6.80. The molecule has 2 aromatic rings. The zero-order valence-corrected chi connectivity index (χ0v) is 16.4. The van der Waals surface area contributed by atoms with Crippen LogP contribution in [-0.2, 0) is 10.2 Å². The molecule has 2 aromatic carbocycles. The zero-order valence-electron chi connectivity index (χ0n) is 15.6. The lowest BCUT2D eigenvalue weighted by Crippen LogP contribution is -2.13. The summed E-state index contributed by atoms with van der Waals surface area (Å²) < 4.78 is 5.65. The van der Waals surface area contributed by atoms with Crippen LogP contribution in [0.1, 0.15) is 39.2 Å². The zero-order chi connectivity index (χ0) is 20.0. The van der Waals surface area contributed by atoms with Crippen LogP contribution in [0, 0.1) is 10.1 Å². The lowest BCUT2D eigenvalue weighted by atomic mass is 9.87. The molecule has 0 saturated carbocycles. The molecule has 0 aliphatic carbocycles. The summed E-state index contributed by atoms with van der Waals surface area (Å²) in [5, 5.41) is 13.5. The van der Waals surface area contributed by atoms with Crippen LogP contribution in [0.3, 0.4) is 0 Å². The fraction of sp³-hybridized carbons (Fsp3) is 0.350. The Morgan fingerprint density at radius 3 is 2.44 bits per heavy atom. The highest BCUT2D eigenvalue weighted by atomic mass is 35.5. The van der Waals surface area contributed by atoms with Gasteiger partial charge in [-0.05, 0) is 41.7 Å². The number of nitrogens with one attached hydrogen (secondary N) is 1. The summed E-state index contributed by atoms with van der Waals surface area (Å²) in [6, 6.07) is 12.1. The number of benzene rings is 2. The van der Waals surface area contributed by atoms with Gasteiger partial charge in [0, 0.05) is 18.2 Å². The van der Waals surface area contributed by atoms with E-state index in [1.165, 1.54) is 23.8 Å². The average Bonchev–Trinajstić information content (AvgIpc) is 2.60. The third-order valence-corrected chi connectivity index (χ3v) is 4.28. The quantitative estimate of drug-likeness (QED) is 0.393. The number of halogens is 1. The van der Waals surface area contributed by atoms with Crippen molar-refractivity contribution in [2.24, 2.45) is 0 Å². The van der Waals surface area contributed by atoms with Gasteiger partial charge in [0.25, 0.3) is 5.69 Å². The number of carbonyl (C=O) groups is 1. The largest absolute Gasteiger partial charge is 0.494 e. The van der Waals surface area contributed by atoms with Crippen LogP contribution in [0.2, 0.25) is 5.02 Å². The van der Waals surface area contributed by atoms with E-state index in [1.807, 2.05) is 24.3 Å². The molecule has 1 N–H and O–H groups in total. The number of hydrogen-bond acceptors (Lipinski definition) is 4. The average molecular weight is 391 g/mol. The number of nitrogens with zero attached hydrogens (tertiary/aromatic N) is 1. The number of carbonyl (C=O) groups excluding carboxylic acids is 1. The molecule has 0 bridgehead atoms. The van der Waals surface area contributed by atoms with E-state index >= 15 is 0 Å². The molecule has 144 valence electrons. The van der Waals surface area contributed by atoms with Crippen LogP contribution in [-0.4, -0.2) is 17.4 Å². The second-order valence-electron chi connectivity index (χ2n) is 7.20. The molecular weight excluding hydrogens is 368 g/mol. The minimum absolute atomic E-state index is 0.0314. The Morgan fingerprint density at radius 2 is 1.85 bits per heavy atom. The maximum absolute atomic E-state index is 12.0. The van der Waals surface area contributed by atoms with E-state index in [0.29, 0.717) is 18.7 Å². The van der Waals surface area contributed by atoms with E-state index in [2.05, 4.69) is 26.1 Å². The van der Waals surface area contributed by atoms with Gasteiger partial charge in [0.05, 0.1) is 11.5 Å². The molecule has 0 aromatic heterocycles. The fourth-order valence-electron chi connectivity index (χ4n) is 2.43. The van der Waals surface area contributed by atoms with Crippen LogP contribution < -0.4 is 10.1 Å². The van der Waals surface area contributed by atoms with Crippen LogP contribution in [0.15, 0.2) is 42.5 Å². The van der Waals surface area contributed by atoms with Crippen LogP contribution in [0.4, 0.5) is 11.4 Å². The predicted molar refractivity (Wildman–Crippen MR) is 107 cm³/mol. The number of anilines is 1. The van der Waals surface area contributed by atoms with E-state index < -0.39 is 4.92 Å². The van der Waals surface area contributed by atoms with Gasteiger partial charge in [-0.15, -0.1) is 0 Å². The van der Waals surface area contributed by atoms with E-state index in [-0.39, 0.29) is 28.5 Å². The first-order valence-corrected chi connectivity index (χ1v) is 9.02. The molecule has 0 atom stereocenters. The summed E-state index contributed by atoms with van der Waals surface area (Å²) in [5.41, 5.74) is 1.42. The number of ether oxygens (including phenoxy) is 1. The Hall–Kier alpha value is -2.60. The third-order valence-electron chi connectivity index (χ3n) is 3.96. The molecule has 27 heavy (non-hydrogen) atoms. The topological polar surface area (TPSA) is 81.5 Å². The van der Waals surface area contributed by atoms with Gasteiger partial charge in [-0.25, -0.2) is 0 Å². The second kappa shape index (κ2) is 8.86. The monoisotopic (exact) mass is 390 g/mol. The van der Waals surface area contributed by atoms with Gasteiger partial charge in [0.1, 0.15) is 10.8 Å². The number of rotatable bonds is 7. The summed E-state index contributed by atoms with van der Waals surface area (Å²) in [4.78, 5) is 22.3. The minimum atomic E-state index is -0.587. The van der Waals surface area contributed by atoms with Gasteiger partial charge in [-0.1, -0.05) is 44.5 Å². The molecule has 0 fully saturated rings. The van der Waals surface area contributed by atoms with Crippen molar-refractivity contribution < 1.29 is 14.5 Å². The molecule has 6 nitrogen and oxygen atoms in total. The smallest absolute Gasteiger partial charge is 0.289 e.